The summed E-state index contributed by atoms with van der Waals surface area (Å²) in [5.41, 5.74) is 7.00. The number of rotatable bonds is 11. The molecule has 5 atom stereocenters. The summed E-state index contributed by atoms with van der Waals surface area (Å²) in [4.78, 5) is 18.9. The Morgan fingerprint density at radius 3 is 2.62 bits per heavy atom. The van der Waals surface area contributed by atoms with Gasteiger partial charge in [0.25, 0.3) is 10.0 Å². The van der Waals surface area contributed by atoms with E-state index >= 15 is 0 Å². The van der Waals surface area contributed by atoms with Crippen molar-refractivity contribution in [3.05, 3.63) is 60.2 Å². The summed E-state index contributed by atoms with van der Waals surface area (Å²) in [5, 5.41) is 14.2. The molecule has 0 spiro atoms. The van der Waals surface area contributed by atoms with Crippen molar-refractivity contribution >= 4 is 21.8 Å². The highest BCUT2D eigenvalue weighted by Crippen LogP contribution is 2.33. The lowest BCUT2D eigenvalue weighted by Gasteiger charge is -2.31. The van der Waals surface area contributed by atoms with Crippen LogP contribution in [0, 0.1) is 5.92 Å². The molecule has 0 aromatic heterocycles. The maximum atomic E-state index is 13.6. The second-order valence-electron chi connectivity index (χ2n) is 10.6. The molecule has 2 heterocycles. The first kappa shape index (κ1) is 28.8. The molecule has 1 saturated carbocycles. The van der Waals surface area contributed by atoms with E-state index in [2.05, 4.69) is 5.32 Å². The number of nitrogen functional groups attached to an aromatic ring is 1. The molecule has 4 N–H and O–H groups in total. The first-order chi connectivity index (χ1) is 19.3. The number of aliphatic hydroxyl groups is 1. The third-order valence-electron chi connectivity index (χ3n) is 7.64. The molecule has 40 heavy (non-hydrogen) atoms. The number of aliphatic hydroxyl groups excluding tert-OH is 1. The van der Waals surface area contributed by atoms with Gasteiger partial charge in [0.05, 0.1) is 48.8 Å². The van der Waals surface area contributed by atoms with Crippen LogP contribution in [-0.2, 0) is 35.5 Å². The molecule has 0 bridgehead atoms. The zero-order valence-corrected chi connectivity index (χ0v) is 23.1. The van der Waals surface area contributed by atoms with Crippen molar-refractivity contribution < 1.29 is 37.4 Å². The van der Waals surface area contributed by atoms with Crippen molar-refractivity contribution in [1.29, 1.82) is 0 Å². The highest BCUT2D eigenvalue weighted by atomic mass is 32.2. The van der Waals surface area contributed by atoms with Crippen LogP contribution in [0.3, 0.4) is 0 Å². The van der Waals surface area contributed by atoms with E-state index in [0.29, 0.717) is 25.1 Å². The van der Waals surface area contributed by atoms with Crippen molar-refractivity contribution in [2.45, 2.75) is 74.1 Å². The molecular weight excluding hydrogens is 538 g/mol. The Labute approximate surface area is 234 Å². The molecule has 2 saturated heterocycles. The Kier molecular flexibility index (Phi) is 9.24. The monoisotopic (exact) mass is 575 g/mol. The number of anilines is 1. The quantitative estimate of drug-likeness (QED) is 0.271. The zero-order chi connectivity index (χ0) is 28.1. The second-order valence-corrected chi connectivity index (χ2v) is 12.4. The van der Waals surface area contributed by atoms with Crippen LogP contribution in [-0.4, -0.2) is 74.5 Å². The highest BCUT2D eigenvalue weighted by Gasteiger charge is 2.44. The van der Waals surface area contributed by atoms with Crippen LogP contribution < -0.4 is 11.1 Å². The number of sulfonamides is 1. The fourth-order valence-electron chi connectivity index (χ4n) is 5.45. The number of alkyl carbamates (subject to hydrolysis) is 1. The number of nitrogens with zero attached hydrogens (tertiary/aromatic N) is 1. The summed E-state index contributed by atoms with van der Waals surface area (Å²) in [6.45, 7) is 0.372. The lowest BCUT2D eigenvalue weighted by atomic mass is 10.0. The number of ether oxygens (including phenoxy) is 3. The van der Waals surface area contributed by atoms with Gasteiger partial charge in [-0.2, -0.15) is 0 Å². The maximum Gasteiger partial charge on any atom is 0.407 e. The number of benzene rings is 2. The first-order valence-electron chi connectivity index (χ1n) is 13.8. The molecule has 1 aliphatic carbocycles. The van der Waals surface area contributed by atoms with E-state index in [0.717, 1.165) is 29.3 Å². The molecule has 5 rings (SSSR count). The van der Waals surface area contributed by atoms with E-state index in [1.165, 1.54) is 12.1 Å². The van der Waals surface area contributed by atoms with Crippen LogP contribution >= 0.6 is 0 Å². The normalized spacial score (nSPS) is 24.6. The Morgan fingerprint density at radius 2 is 1.88 bits per heavy atom. The average Bonchev–Trinajstić information content (AvgIpc) is 3.69. The summed E-state index contributed by atoms with van der Waals surface area (Å²) in [6.07, 6.45) is 1.08. The predicted octanol–water partition coefficient (Wildman–Crippen LogP) is 2.59. The number of amides is 1. The third-order valence-corrected chi connectivity index (χ3v) is 9.26. The Hall–Kier alpha value is -2.74. The molecule has 1 amide bonds. The van der Waals surface area contributed by atoms with Gasteiger partial charge in [0.1, 0.15) is 6.10 Å². The van der Waals surface area contributed by atoms with Gasteiger partial charge in [0, 0.05) is 5.69 Å². The number of hydrogen-bond donors (Lipinski definition) is 3. The molecule has 3 fully saturated rings. The predicted molar refractivity (Wildman–Crippen MR) is 145 cm³/mol. The van der Waals surface area contributed by atoms with E-state index in [1.807, 2.05) is 30.3 Å². The lowest BCUT2D eigenvalue weighted by Crippen LogP contribution is -2.51. The fraction of sp³-hybridized carbons (Fsp3) is 0.536. The van der Waals surface area contributed by atoms with Crippen LogP contribution in [0.5, 0.6) is 0 Å². The van der Waals surface area contributed by atoms with Crippen LogP contribution in [0.1, 0.15) is 37.7 Å². The summed E-state index contributed by atoms with van der Waals surface area (Å²) in [7, 11) is -4.17. The summed E-state index contributed by atoms with van der Waals surface area (Å²) >= 11 is 0. The number of hydrogen-bond acceptors (Lipinski definition) is 9. The van der Waals surface area contributed by atoms with Crippen LogP contribution in [0.4, 0.5) is 10.5 Å². The topological polar surface area (TPSA) is 150 Å². The van der Waals surface area contributed by atoms with Gasteiger partial charge < -0.3 is 30.4 Å². The molecule has 2 aromatic rings. The van der Waals surface area contributed by atoms with Gasteiger partial charge in [-0.25, -0.2) is 13.2 Å². The zero-order valence-electron chi connectivity index (χ0n) is 22.3. The molecule has 2 aliphatic heterocycles. The molecule has 0 unspecified atom stereocenters. The molecule has 12 heteroatoms. The molecule has 218 valence electrons. The minimum absolute atomic E-state index is 0.0398. The van der Waals surface area contributed by atoms with Crippen LogP contribution in [0.2, 0.25) is 0 Å². The van der Waals surface area contributed by atoms with Gasteiger partial charge in [-0.15, -0.1) is 0 Å². The standard InChI is InChI=1S/C28H37N3O8S/c29-20-9-6-12-22(16-20)40(34,35)31(39-21-10-4-5-11-21)17-25(32)24(15-19-7-2-1-3-8-19)30-28(33)38-26-18-37-27-23(26)13-14-36-27/h1-3,6-9,12,16,21,23-27,32H,4-5,10-11,13-15,17-18,29H2,(H,30,33)/t23-,24+,25+,26-,27+/m1/s1. The fourth-order valence-corrected chi connectivity index (χ4v) is 6.81. The summed E-state index contributed by atoms with van der Waals surface area (Å²) in [5.74, 6) is -0.0398. The Morgan fingerprint density at radius 1 is 1.10 bits per heavy atom. The largest absolute Gasteiger partial charge is 0.443 e. The average molecular weight is 576 g/mol. The molecule has 0 radical (unpaired) electrons. The smallest absolute Gasteiger partial charge is 0.407 e. The van der Waals surface area contributed by atoms with Crippen LogP contribution in [0.25, 0.3) is 0 Å². The van der Waals surface area contributed by atoms with Gasteiger partial charge in [-0.3, -0.25) is 4.84 Å². The van der Waals surface area contributed by atoms with Crippen LogP contribution in [0.15, 0.2) is 59.5 Å². The minimum Gasteiger partial charge on any atom is -0.443 e. The number of nitrogens with one attached hydrogen (secondary N) is 1. The first-order valence-corrected chi connectivity index (χ1v) is 15.2. The van der Waals surface area contributed by atoms with Crippen molar-refractivity contribution in [2.24, 2.45) is 5.92 Å². The van der Waals surface area contributed by atoms with Crippen molar-refractivity contribution in [1.82, 2.24) is 9.79 Å². The number of carbonyl (C=O) groups is 1. The van der Waals surface area contributed by atoms with E-state index in [9.17, 15) is 18.3 Å². The number of carbonyl (C=O) groups excluding carboxylic acids is 1. The molecule has 3 aliphatic rings. The molecule has 2 aromatic carbocycles. The third kappa shape index (κ3) is 6.93. The highest BCUT2D eigenvalue weighted by molar-refractivity contribution is 7.89. The van der Waals surface area contributed by atoms with E-state index in [4.69, 9.17) is 24.8 Å². The van der Waals surface area contributed by atoms with E-state index in [-0.39, 0.29) is 36.2 Å². The molecule has 11 nitrogen and oxygen atoms in total. The lowest BCUT2D eigenvalue weighted by molar-refractivity contribution is -0.145. The van der Waals surface area contributed by atoms with E-state index in [1.54, 1.807) is 12.1 Å². The maximum absolute atomic E-state index is 13.6. The number of fused-ring (bicyclic) bond motifs is 1. The second kappa shape index (κ2) is 12.8. The van der Waals surface area contributed by atoms with Gasteiger partial charge >= 0.3 is 6.09 Å². The van der Waals surface area contributed by atoms with Crippen molar-refractivity contribution in [2.75, 3.05) is 25.5 Å². The summed E-state index contributed by atoms with van der Waals surface area (Å²) < 4.78 is 44.9. The number of hydroxylamine groups is 1. The van der Waals surface area contributed by atoms with Crippen molar-refractivity contribution in [3.8, 4) is 0 Å². The summed E-state index contributed by atoms with van der Waals surface area (Å²) in [6, 6.07) is 14.4. The van der Waals surface area contributed by atoms with E-state index < -0.39 is 40.9 Å². The number of nitrogens with two attached hydrogens (primary N) is 1. The molecular formula is C28H37N3O8S. The minimum atomic E-state index is -4.17. The van der Waals surface area contributed by atoms with Crippen molar-refractivity contribution in [3.63, 3.8) is 0 Å². The van der Waals surface area contributed by atoms with Gasteiger partial charge in [-0.05, 0) is 49.4 Å². The van der Waals surface area contributed by atoms with Gasteiger partial charge in [0.2, 0.25) is 0 Å². The van der Waals surface area contributed by atoms with Gasteiger partial charge in [-0.1, -0.05) is 53.7 Å². The SMILES string of the molecule is Nc1cccc(S(=O)(=O)N(C[C@H](O)[C@H](Cc2ccccc2)NC(=O)O[C@@H]2CO[C@@H]3OCC[C@@H]32)OC2CCCC2)c1. The van der Waals surface area contributed by atoms with Gasteiger partial charge in [0.15, 0.2) is 6.29 Å². The Balaban J connectivity index is 1.34. The Bertz CT molecular complexity index is 1240.